The lowest BCUT2D eigenvalue weighted by molar-refractivity contribution is -0.270. The van der Waals surface area contributed by atoms with E-state index in [1.54, 1.807) is 0 Å². The second kappa shape index (κ2) is 19.5. The topological polar surface area (TPSA) is 192 Å². The summed E-state index contributed by atoms with van der Waals surface area (Å²) in [4.78, 5) is 27.9. The summed E-state index contributed by atoms with van der Waals surface area (Å²) in [7, 11) is -1.86. The van der Waals surface area contributed by atoms with Gasteiger partial charge in [-0.1, -0.05) is 19.8 Å². The number of nitrogens with one attached hydrogen (secondary N) is 2. The van der Waals surface area contributed by atoms with Crippen LogP contribution < -0.4 is 10.6 Å². The average molecular weight is 708 g/mol. The summed E-state index contributed by atoms with van der Waals surface area (Å²) in [5, 5.41) is 35.3. The molecule has 6 unspecified atom stereocenters. The Morgan fingerprint density at radius 2 is 1.71 bits per heavy atom. The Hall–Kier alpha value is -1.84. The van der Waals surface area contributed by atoms with Gasteiger partial charge in [0.05, 0.1) is 17.8 Å². The van der Waals surface area contributed by atoms with Crippen LogP contribution in [0, 0.1) is 0 Å². The lowest BCUT2D eigenvalue weighted by Crippen LogP contribution is -2.64. The molecule has 0 aliphatic carbocycles. The highest BCUT2D eigenvalue weighted by Gasteiger charge is 2.45. The monoisotopic (exact) mass is 707 g/mol. The van der Waals surface area contributed by atoms with Crippen LogP contribution >= 0.6 is 7.75 Å². The number of nitrogens with zero attached hydrogens (tertiary/aromatic N) is 3. The van der Waals surface area contributed by atoms with Crippen LogP contribution in [0.2, 0.25) is 0 Å². The van der Waals surface area contributed by atoms with Crippen LogP contribution in [-0.2, 0) is 32.7 Å². The molecule has 2 aliphatic rings. The summed E-state index contributed by atoms with van der Waals surface area (Å²) >= 11 is 0. The van der Waals surface area contributed by atoms with Crippen molar-refractivity contribution < 1.29 is 48.0 Å². The summed E-state index contributed by atoms with van der Waals surface area (Å²) in [5.41, 5.74) is -1.34. The van der Waals surface area contributed by atoms with Crippen molar-refractivity contribution in [2.75, 3.05) is 46.4 Å². The van der Waals surface area contributed by atoms with Gasteiger partial charge in [0.2, 0.25) is 17.8 Å². The first-order chi connectivity index (χ1) is 22.4. The van der Waals surface area contributed by atoms with Gasteiger partial charge in [0.15, 0.2) is 6.29 Å². The smallest absolute Gasteiger partial charge is 0.394 e. The number of hydrogen-bond acceptors (Lipinski definition) is 10. The molecule has 6 atom stereocenters. The molecule has 0 bridgehead atoms. The molecule has 0 spiro atoms. The van der Waals surface area contributed by atoms with Crippen LogP contribution in [0.5, 0.6) is 0 Å². The van der Waals surface area contributed by atoms with E-state index in [0.717, 1.165) is 45.3 Å². The first-order valence-electron chi connectivity index (χ1n) is 17.3. The maximum atomic E-state index is 13.8. The molecule has 15 nitrogen and oxygen atoms in total. The van der Waals surface area contributed by atoms with Crippen molar-refractivity contribution in [3.8, 4) is 0 Å². The van der Waals surface area contributed by atoms with Crippen LogP contribution in [-0.4, -0.2) is 131 Å². The van der Waals surface area contributed by atoms with Gasteiger partial charge in [0.1, 0.15) is 24.4 Å². The number of unbranched alkanes of at least 4 members (excludes halogenated alkanes) is 4. The van der Waals surface area contributed by atoms with E-state index in [-0.39, 0.29) is 12.5 Å². The van der Waals surface area contributed by atoms with Gasteiger partial charge in [-0.25, -0.2) is 4.57 Å². The number of amides is 2. The number of likely N-dealkylation sites (N-methyl/N-ethyl adjacent to an activating group) is 1. The molecule has 2 amide bonds. The van der Waals surface area contributed by atoms with Gasteiger partial charge in [-0.05, 0) is 66.7 Å². The molecule has 2 aliphatic heterocycles. The van der Waals surface area contributed by atoms with Crippen molar-refractivity contribution in [3.05, 3.63) is 0 Å². The molecular weight excluding hydrogens is 645 g/mol. The first-order valence-corrected chi connectivity index (χ1v) is 18.8. The maximum absolute atomic E-state index is 13.8. The first kappa shape index (κ1) is 42.3. The van der Waals surface area contributed by atoms with Gasteiger partial charge >= 0.3 is 7.75 Å². The number of rotatable bonds is 20. The predicted octanol–water partition coefficient (Wildman–Crippen LogP) is 2.53. The molecule has 2 fully saturated rings. The fourth-order valence-corrected chi connectivity index (χ4v) is 7.32. The fraction of sp³-hybridized carbons (Fsp3) is 0.906. The highest BCUT2D eigenvalue weighted by molar-refractivity contribution is 7.52. The third kappa shape index (κ3) is 14.6. The van der Waals surface area contributed by atoms with E-state index in [4.69, 9.17) is 18.5 Å². The molecule has 0 saturated carbocycles. The summed E-state index contributed by atoms with van der Waals surface area (Å²) in [6.07, 6.45) is 1.01. The van der Waals surface area contributed by atoms with Crippen molar-refractivity contribution in [1.82, 2.24) is 20.4 Å². The third-order valence-electron chi connectivity index (χ3n) is 8.15. The molecule has 0 aromatic rings. The minimum atomic E-state index is -3.79. The highest BCUT2D eigenvalue weighted by atomic mass is 31.2. The van der Waals surface area contributed by atoms with E-state index in [0.29, 0.717) is 38.2 Å². The highest BCUT2D eigenvalue weighted by Crippen LogP contribution is 2.56. The predicted molar refractivity (Wildman–Crippen MR) is 182 cm³/mol. The maximum Gasteiger partial charge on any atom is 0.458 e. The number of hydrogen-bond donors (Lipinski definition) is 5. The quantitative estimate of drug-likeness (QED) is 0.0920. The van der Waals surface area contributed by atoms with Crippen molar-refractivity contribution in [2.24, 2.45) is 4.76 Å². The molecule has 0 aromatic heterocycles. The molecule has 2 rings (SSSR count). The number of ether oxygens (including phenoxy) is 2. The minimum absolute atomic E-state index is 0.0461. The standard InChI is InChI=1S/C32H62N5O10P/c1-9-32(6,7)47-48(43,46-31(3,4)5)35-30-36(8)19-20-37(30)18-14-11-10-13-17-33-25(40)16-12-15-21-44-29-26(34-23(2)39)28(42)27(41)24(22-38)45-29/h24,26-29,38,41-42H,9-22H2,1-8H3,(H,33,40)(H,34,39). The number of carbonyl (C=O) groups is 2. The molecule has 2 saturated heterocycles. The Labute approximate surface area is 286 Å². The third-order valence-corrected chi connectivity index (χ3v) is 10.1. The SMILES string of the molecule is CCC(C)(C)OP(=O)(N=C1N(C)CCN1CCCCCCNC(=O)CCCCOC1OC(CO)C(O)C(O)C1NC(C)=O)OC(C)(C)C. The van der Waals surface area contributed by atoms with Gasteiger partial charge in [-0.3, -0.25) is 18.6 Å². The lowest BCUT2D eigenvalue weighted by Gasteiger charge is -2.42. The van der Waals surface area contributed by atoms with Gasteiger partial charge in [0, 0.05) is 53.2 Å². The summed E-state index contributed by atoms with van der Waals surface area (Å²) in [6.45, 7) is 15.1. The van der Waals surface area contributed by atoms with Crippen LogP contribution in [0.4, 0.5) is 0 Å². The minimum Gasteiger partial charge on any atom is -0.394 e. The summed E-state index contributed by atoms with van der Waals surface area (Å²) < 4.78 is 41.6. The van der Waals surface area contributed by atoms with E-state index < -0.39 is 62.1 Å². The largest absolute Gasteiger partial charge is 0.458 e. The second-order valence-corrected chi connectivity index (χ2v) is 15.7. The van der Waals surface area contributed by atoms with Crippen LogP contribution in [0.15, 0.2) is 4.76 Å². The summed E-state index contributed by atoms with van der Waals surface area (Å²) in [6, 6.07) is -0.986. The van der Waals surface area contributed by atoms with Crippen LogP contribution in [0.3, 0.4) is 0 Å². The van der Waals surface area contributed by atoms with E-state index >= 15 is 0 Å². The number of guanidine groups is 1. The Bertz CT molecular complexity index is 1090. The van der Waals surface area contributed by atoms with Crippen molar-refractivity contribution in [1.29, 1.82) is 0 Å². The Kier molecular flexibility index (Phi) is 17.2. The molecule has 280 valence electrons. The average Bonchev–Trinajstić information content (AvgIpc) is 3.31. The Morgan fingerprint density at radius 3 is 2.33 bits per heavy atom. The van der Waals surface area contributed by atoms with Crippen LogP contribution in [0.25, 0.3) is 0 Å². The van der Waals surface area contributed by atoms with Gasteiger partial charge in [-0.15, -0.1) is 4.76 Å². The molecule has 2 heterocycles. The Morgan fingerprint density at radius 1 is 1.02 bits per heavy atom. The normalized spacial score (nSPS) is 25.7. The van der Waals surface area contributed by atoms with E-state index in [2.05, 4.69) is 20.3 Å². The molecule has 0 aromatic carbocycles. The van der Waals surface area contributed by atoms with Gasteiger partial charge < -0.3 is 45.2 Å². The lowest BCUT2D eigenvalue weighted by atomic mass is 9.97. The van der Waals surface area contributed by atoms with Crippen molar-refractivity contribution in [3.63, 3.8) is 0 Å². The molecule has 16 heteroatoms. The summed E-state index contributed by atoms with van der Waals surface area (Å²) in [5.74, 6) is 0.158. The zero-order valence-corrected chi connectivity index (χ0v) is 31.2. The Balaban J connectivity index is 1.69. The molecule has 5 N–H and O–H groups in total. The zero-order valence-electron chi connectivity index (χ0n) is 30.3. The molecule has 48 heavy (non-hydrogen) atoms. The van der Waals surface area contributed by atoms with E-state index in [9.17, 15) is 29.5 Å². The fourth-order valence-electron chi connectivity index (χ4n) is 5.25. The van der Waals surface area contributed by atoms with Crippen molar-refractivity contribution >= 4 is 25.5 Å². The van der Waals surface area contributed by atoms with Crippen LogP contribution in [0.1, 0.15) is 99.8 Å². The zero-order chi connectivity index (χ0) is 36.1. The van der Waals surface area contributed by atoms with E-state index in [1.807, 2.05) is 53.5 Å². The number of carbonyl (C=O) groups excluding carboxylic acids is 2. The number of aliphatic hydroxyl groups is 3. The second-order valence-electron chi connectivity index (χ2n) is 14.2. The van der Waals surface area contributed by atoms with E-state index in [1.165, 1.54) is 6.92 Å². The van der Waals surface area contributed by atoms with Crippen molar-refractivity contribution in [2.45, 2.75) is 142 Å². The molecule has 0 radical (unpaired) electrons. The number of aliphatic hydroxyl groups excluding tert-OH is 3. The molecular formula is C32H62N5O10P. The van der Waals surface area contributed by atoms with Gasteiger partial charge in [-0.2, -0.15) is 0 Å². The van der Waals surface area contributed by atoms with Gasteiger partial charge in [0.25, 0.3) is 0 Å².